The van der Waals surface area contributed by atoms with Gasteiger partial charge in [-0.3, -0.25) is 15.0 Å². The van der Waals surface area contributed by atoms with Crippen molar-refractivity contribution in [3.05, 3.63) is 171 Å². The van der Waals surface area contributed by atoms with Gasteiger partial charge in [-0.2, -0.15) is 4.31 Å². The number of hydrogen-bond acceptors (Lipinski definition) is 7. The van der Waals surface area contributed by atoms with Crippen molar-refractivity contribution in [1.82, 2.24) is 14.2 Å². The van der Waals surface area contributed by atoms with Crippen LogP contribution in [0, 0.1) is 10.1 Å². The third kappa shape index (κ3) is 6.52. The lowest BCUT2D eigenvalue weighted by molar-refractivity contribution is -0.384. The number of benzene rings is 4. The summed E-state index contributed by atoms with van der Waals surface area (Å²) in [6.45, 7) is 1.83. The van der Waals surface area contributed by atoms with Gasteiger partial charge < -0.3 is 4.74 Å². The third-order valence-electron chi connectivity index (χ3n) is 9.98. The fourth-order valence-electron chi connectivity index (χ4n) is 7.56. The number of aromatic nitrogens is 1. The second-order valence-electron chi connectivity index (χ2n) is 12.7. The monoisotopic (exact) mass is 752 g/mol. The molecule has 4 aromatic carbocycles. The summed E-state index contributed by atoms with van der Waals surface area (Å²) < 4.78 is 37.6. The lowest BCUT2D eigenvalue weighted by Gasteiger charge is -2.57. The van der Waals surface area contributed by atoms with Gasteiger partial charge in [0.2, 0.25) is 10.0 Å². The van der Waals surface area contributed by atoms with E-state index < -0.39 is 20.5 Å². The zero-order chi connectivity index (χ0) is 34.7. The van der Waals surface area contributed by atoms with Crippen LogP contribution < -0.4 is 0 Å². The molecule has 9 nitrogen and oxygen atoms in total. The minimum Gasteiger partial charge on any atom is -0.359 e. The highest BCUT2D eigenvalue weighted by Gasteiger charge is 2.52. The SMILES string of the molecule is O=[N+]([O-])c1ccc(S(=O)(=O)N2CCCCN3[C@H](COC(c4ccccc4)(c4ccccc4)c4ccccc4)[C@H](c4ccc(Br)nc4)[C@@H]3C2)cc1. The van der Waals surface area contributed by atoms with Gasteiger partial charge in [-0.25, -0.2) is 13.4 Å². The first-order valence-corrected chi connectivity index (χ1v) is 18.9. The molecule has 7 rings (SSSR count). The molecule has 5 aromatic rings. The van der Waals surface area contributed by atoms with E-state index in [1.54, 1.807) is 4.31 Å². The van der Waals surface area contributed by atoms with Crippen molar-refractivity contribution in [3.8, 4) is 0 Å². The van der Waals surface area contributed by atoms with Gasteiger partial charge in [-0.15, -0.1) is 0 Å². The first-order valence-electron chi connectivity index (χ1n) is 16.7. The molecule has 0 N–H and O–H groups in total. The van der Waals surface area contributed by atoms with Crippen LogP contribution in [0.15, 0.2) is 143 Å². The molecule has 2 aliphatic heterocycles. The van der Waals surface area contributed by atoms with Gasteiger partial charge in [0.05, 0.1) is 16.4 Å². The van der Waals surface area contributed by atoms with E-state index in [-0.39, 0.29) is 35.1 Å². The van der Waals surface area contributed by atoms with Crippen molar-refractivity contribution in [3.63, 3.8) is 0 Å². The Morgan fingerprint density at radius 3 is 1.88 bits per heavy atom. The van der Waals surface area contributed by atoms with Crippen molar-refractivity contribution < 1.29 is 18.1 Å². The number of halogens is 1. The molecule has 0 saturated carbocycles. The second kappa shape index (κ2) is 14.5. The summed E-state index contributed by atoms with van der Waals surface area (Å²) in [5.41, 5.74) is 3.02. The van der Waals surface area contributed by atoms with Gasteiger partial charge in [0, 0.05) is 49.4 Å². The number of nitro groups is 1. The Kier molecular flexibility index (Phi) is 9.94. The Balaban J connectivity index is 1.25. The highest BCUT2D eigenvalue weighted by molar-refractivity contribution is 9.10. The van der Waals surface area contributed by atoms with Crippen LogP contribution in [0.4, 0.5) is 5.69 Å². The molecular weight excluding hydrogens is 716 g/mol. The average Bonchev–Trinajstić information content (AvgIpc) is 3.14. The maximum Gasteiger partial charge on any atom is 0.269 e. The number of sulfonamides is 1. The van der Waals surface area contributed by atoms with Crippen LogP contribution in [0.25, 0.3) is 0 Å². The predicted molar refractivity (Wildman–Crippen MR) is 195 cm³/mol. The van der Waals surface area contributed by atoms with Crippen LogP contribution in [0.5, 0.6) is 0 Å². The van der Waals surface area contributed by atoms with Gasteiger partial charge in [-0.05, 0) is 75.8 Å². The molecule has 50 heavy (non-hydrogen) atoms. The van der Waals surface area contributed by atoms with E-state index in [0.29, 0.717) is 19.6 Å². The molecule has 1 aromatic heterocycles. The minimum atomic E-state index is -3.91. The topological polar surface area (TPSA) is 106 Å². The van der Waals surface area contributed by atoms with Crippen molar-refractivity contribution in [2.45, 2.75) is 41.3 Å². The molecule has 3 heterocycles. The van der Waals surface area contributed by atoms with Crippen LogP contribution in [-0.4, -0.2) is 65.9 Å². The molecule has 2 fully saturated rings. The van der Waals surface area contributed by atoms with Crippen LogP contribution in [0.3, 0.4) is 0 Å². The summed E-state index contributed by atoms with van der Waals surface area (Å²) in [5.74, 6) is -0.0664. The summed E-state index contributed by atoms with van der Waals surface area (Å²) >= 11 is 3.48. The molecule has 0 spiro atoms. The van der Waals surface area contributed by atoms with Crippen LogP contribution in [0.1, 0.15) is 41.0 Å². The van der Waals surface area contributed by atoms with E-state index >= 15 is 0 Å². The van der Waals surface area contributed by atoms with E-state index in [0.717, 1.165) is 39.8 Å². The highest BCUT2D eigenvalue weighted by atomic mass is 79.9. The number of rotatable bonds is 10. The van der Waals surface area contributed by atoms with Crippen molar-refractivity contribution in [2.24, 2.45) is 0 Å². The molecule has 2 aliphatic rings. The summed E-state index contributed by atoms with van der Waals surface area (Å²) in [4.78, 5) is 17.7. The zero-order valence-corrected chi connectivity index (χ0v) is 29.7. The Labute approximate surface area is 300 Å². The lowest BCUT2D eigenvalue weighted by Crippen LogP contribution is -2.68. The zero-order valence-electron chi connectivity index (χ0n) is 27.3. The van der Waals surface area contributed by atoms with Crippen molar-refractivity contribution in [2.75, 3.05) is 26.2 Å². The summed E-state index contributed by atoms with van der Waals surface area (Å²) in [6, 6.07) is 39.8. The van der Waals surface area contributed by atoms with E-state index in [1.807, 2.05) is 66.9 Å². The molecule has 3 atom stereocenters. The Morgan fingerprint density at radius 1 is 0.800 bits per heavy atom. The Morgan fingerprint density at radius 2 is 1.36 bits per heavy atom. The van der Waals surface area contributed by atoms with Gasteiger partial charge in [0.25, 0.3) is 5.69 Å². The lowest BCUT2D eigenvalue weighted by atomic mass is 9.74. The largest absolute Gasteiger partial charge is 0.359 e. The molecule has 0 amide bonds. The van der Waals surface area contributed by atoms with Gasteiger partial charge in [-0.1, -0.05) is 97.1 Å². The minimum absolute atomic E-state index is 0.0506. The summed E-state index contributed by atoms with van der Waals surface area (Å²) in [7, 11) is -3.91. The fraction of sp³-hybridized carbons (Fsp3) is 0.256. The third-order valence-corrected chi connectivity index (χ3v) is 12.3. The molecular formula is C39H37BrN4O5S. The van der Waals surface area contributed by atoms with Crippen LogP contribution in [-0.2, 0) is 20.4 Å². The van der Waals surface area contributed by atoms with Crippen LogP contribution in [0.2, 0.25) is 0 Å². The smallest absolute Gasteiger partial charge is 0.269 e. The molecule has 256 valence electrons. The standard InChI is InChI=1S/C39H37BrN4O5S/c40-37-23-18-29(26-41-37)38-35-27-42(50(47,48)34-21-19-33(20-22-34)44(45)46)24-10-11-25-43(35)36(38)28-49-39(30-12-4-1-5-13-30,31-14-6-2-7-15-31)32-16-8-3-9-17-32/h1-9,12-23,26,35-36,38H,10-11,24-25,27-28H2/t35-,36+,38+/m0/s1. The number of nitrogens with zero attached hydrogens (tertiary/aromatic N) is 4. The van der Waals surface area contributed by atoms with E-state index in [9.17, 15) is 18.5 Å². The maximum absolute atomic E-state index is 14.0. The number of ether oxygens (including phenoxy) is 1. The second-order valence-corrected chi connectivity index (χ2v) is 15.5. The number of pyridine rings is 1. The quantitative estimate of drug-likeness (QED) is 0.0635. The van der Waals surface area contributed by atoms with E-state index in [2.05, 4.69) is 68.3 Å². The van der Waals surface area contributed by atoms with Gasteiger partial charge >= 0.3 is 0 Å². The first-order chi connectivity index (χ1) is 24.3. The molecule has 0 radical (unpaired) electrons. The van der Waals surface area contributed by atoms with E-state index in [1.165, 1.54) is 24.3 Å². The number of fused-ring (bicyclic) bond motifs is 1. The molecule has 0 unspecified atom stereocenters. The fourth-order valence-corrected chi connectivity index (χ4v) is 9.29. The van der Waals surface area contributed by atoms with Crippen LogP contribution >= 0.6 is 15.9 Å². The van der Waals surface area contributed by atoms with E-state index in [4.69, 9.17) is 4.74 Å². The summed E-state index contributed by atoms with van der Waals surface area (Å²) in [5, 5.41) is 11.2. The highest BCUT2D eigenvalue weighted by Crippen LogP contribution is 2.46. The van der Waals surface area contributed by atoms with Gasteiger partial charge in [0.15, 0.2) is 0 Å². The molecule has 2 saturated heterocycles. The average molecular weight is 754 g/mol. The predicted octanol–water partition coefficient (Wildman–Crippen LogP) is 7.38. The van der Waals surface area contributed by atoms with Gasteiger partial charge in [0.1, 0.15) is 10.2 Å². The Hall–Kier alpha value is -4.26. The maximum atomic E-state index is 14.0. The number of nitro benzene ring substituents is 1. The Bertz CT molecular complexity index is 1920. The number of hydrogen-bond donors (Lipinski definition) is 0. The normalized spacial score (nSPS) is 20.2. The number of non-ortho nitro benzene ring substituents is 1. The van der Waals surface area contributed by atoms with Crippen molar-refractivity contribution in [1.29, 1.82) is 0 Å². The molecule has 0 bridgehead atoms. The molecule has 11 heteroatoms. The first kappa shape index (κ1) is 34.2. The molecule has 0 aliphatic carbocycles. The van der Waals surface area contributed by atoms with Crippen molar-refractivity contribution >= 4 is 31.6 Å². The summed E-state index contributed by atoms with van der Waals surface area (Å²) in [6.07, 6.45) is 3.37.